The quantitative estimate of drug-likeness (QED) is 0.630. The third-order valence-corrected chi connectivity index (χ3v) is 3.67. The number of carbonyl (C=O) groups excluding carboxylic acids is 1. The van der Waals surface area contributed by atoms with Crippen LogP contribution in [0.2, 0.25) is 0 Å². The molecule has 0 unspecified atom stereocenters. The summed E-state index contributed by atoms with van der Waals surface area (Å²) in [5.74, 6) is -0.420. The van der Waals surface area contributed by atoms with Crippen molar-refractivity contribution in [2.24, 2.45) is 5.73 Å². The summed E-state index contributed by atoms with van der Waals surface area (Å²) in [6.07, 6.45) is 3.51. The van der Waals surface area contributed by atoms with Crippen molar-refractivity contribution in [1.29, 1.82) is 0 Å². The molecule has 0 fully saturated rings. The highest BCUT2D eigenvalue weighted by Gasteiger charge is 2.13. The van der Waals surface area contributed by atoms with Gasteiger partial charge in [-0.05, 0) is 6.07 Å². The van der Waals surface area contributed by atoms with E-state index in [1.807, 2.05) is 42.5 Å². The molecule has 0 aliphatic carbocycles. The van der Waals surface area contributed by atoms with Crippen LogP contribution >= 0.6 is 0 Å². The maximum Gasteiger partial charge on any atom is 0.239 e. The Balaban J connectivity index is 1.91. The first-order valence-electron chi connectivity index (χ1n) is 6.94. The molecule has 1 amide bonds. The van der Waals surface area contributed by atoms with E-state index in [0.717, 1.165) is 33.1 Å². The van der Waals surface area contributed by atoms with E-state index in [4.69, 9.17) is 10.2 Å². The second kappa shape index (κ2) is 4.73. The molecule has 22 heavy (non-hydrogen) atoms. The van der Waals surface area contributed by atoms with E-state index in [1.54, 1.807) is 12.4 Å². The third-order valence-electron chi connectivity index (χ3n) is 3.67. The zero-order valence-electron chi connectivity index (χ0n) is 11.7. The van der Waals surface area contributed by atoms with Crippen molar-refractivity contribution < 1.29 is 9.21 Å². The standard InChI is InChI=1S/C17H13N3O2/c18-16(21)10-20-9-11(8-19-20)12-5-3-6-14-13-4-1-2-7-15(13)22-17(12)14/h1-9H,10H2,(H2,18,21). The number of benzene rings is 2. The number of amides is 1. The molecule has 2 N–H and O–H groups in total. The van der Waals surface area contributed by atoms with Crippen molar-refractivity contribution in [1.82, 2.24) is 9.78 Å². The van der Waals surface area contributed by atoms with Gasteiger partial charge >= 0.3 is 0 Å². The van der Waals surface area contributed by atoms with Crippen LogP contribution in [0.3, 0.4) is 0 Å². The number of rotatable bonds is 3. The highest BCUT2D eigenvalue weighted by atomic mass is 16.3. The zero-order valence-corrected chi connectivity index (χ0v) is 11.7. The number of carbonyl (C=O) groups is 1. The maximum absolute atomic E-state index is 11.0. The first-order chi connectivity index (χ1) is 10.7. The predicted molar refractivity (Wildman–Crippen MR) is 84.1 cm³/mol. The van der Waals surface area contributed by atoms with E-state index in [-0.39, 0.29) is 6.54 Å². The summed E-state index contributed by atoms with van der Waals surface area (Å²) in [5, 5.41) is 6.32. The van der Waals surface area contributed by atoms with Crippen LogP contribution in [0.4, 0.5) is 0 Å². The summed E-state index contributed by atoms with van der Waals surface area (Å²) in [6, 6.07) is 14.0. The van der Waals surface area contributed by atoms with Gasteiger partial charge in [0.25, 0.3) is 0 Å². The number of para-hydroxylation sites is 2. The smallest absolute Gasteiger partial charge is 0.239 e. The van der Waals surface area contributed by atoms with Crippen LogP contribution < -0.4 is 5.73 Å². The minimum atomic E-state index is -0.420. The number of nitrogens with two attached hydrogens (primary N) is 1. The molecule has 2 aromatic carbocycles. The lowest BCUT2D eigenvalue weighted by molar-refractivity contribution is -0.118. The van der Waals surface area contributed by atoms with Gasteiger partial charge in [0.2, 0.25) is 5.91 Å². The summed E-state index contributed by atoms with van der Waals surface area (Å²) in [5.41, 5.74) is 8.72. The van der Waals surface area contributed by atoms with Gasteiger partial charge in [-0.3, -0.25) is 9.48 Å². The van der Waals surface area contributed by atoms with Crippen molar-refractivity contribution in [2.75, 3.05) is 0 Å². The molecule has 0 bridgehead atoms. The van der Waals surface area contributed by atoms with Gasteiger partial charge in [-0.2, -0.15) is 5.10 Å². The van der Waals surface area contributed by atoms with Crippen LogP contribution in [0.1, 0.15) is 0 Å². The van der Waals surface area contributed by atoms with E-state index >= 15 is 0 Å². The Morgan fingerprint density at radius 2 is 1.95 bits per heavy atom. The molecule has 0 aliphatic heterocycles. The van der Waals surface area contributed by atoms with Gasteiger partial charge in [0.1, 0.15) is 17.7 Å². The van der Waals surface area contributed by atoms with Crippen LogP contribution in [-0.4, -0.2) is 15.7 Å². The number of hydrogen-bond acceptors (Lipinski definition) is 3. The van der Waals surface area contributed by atoms with E-state index < -0.39 is 5.91 Å². The van der Waals surface area contributed by atoms with Gasteiger partial charge < -0.3 is 10.2 Å². The second-order valence-electron chi connectivity index (χ2n) is 5.17. The number of hydrogen-bond donors (Lipinski definition) is 1. The van der Waals surface area contributed by atoms with Crippen LogP contribution in [-0.2, 0) is 11.3 Å². The Kier molecular flexibility index (Phi) is 2.72. The Labute approximate surface area is 125 Å². The summed E-state index contributed by atoms with van der Waals surface area (Å²) in [6.45, 7) is 0.0656. The van der Waals surface area contributed by atoms with Gasteiger partial charge in [0.15, 0.2) is 0 Å². The number of aromatic nitrogens is 2. The summed E-state index contributed by atoms with van der Waals surface area (Å²) >= 11 is 0. The maximum atomic E-state index is 11.0. The molecule has 0 saturated carbocycles. The monoisotopic (exact) mass is 291 g/mol. The lowest BCUT2D eigenvalue weighted by Crippen LogP contribution is -2.18. The lowest BCUT2D eigenvalue weighted by Gasteiger charge is -1.98. The van der Waals surface area contributed by atoms with E-state index in [0.29, 0.717) is 0 Å². The molecule has 0 saturated heterocycles. The van der Waals surface area contributed by atoms with Gasteiger partial charge in [0, 0.05) is 28.1 Å². The van der Waals surface area contributed by atoms with Crippen LogP contribution in [0.5, 0.6) is 0 Å². The van der Waals surface area contributed by atoms with Gasteiger partial charge in [-0.25, -0.2) is 0 Å². The molecule has 2 heterocycles. The predicted octanol–water partition coefficient (Wildman–Crippen LogP) is 2.93. The number of primary amides is 1. The van der Waals surface area contributed by atoms with E-state index in [2.05, 4.69) is 5.10 Å². The summed E-state index contributed by atoms with van der Waals surface area (Å²) in [7, 11) is 0. The topological polar surface area (TPSA) is 74.1 Å². The lowest BCUT2D eigenvalue weighted by atomic mass is 10.1. The van der Waals surface area contributed by atoms with Crippen molar-refractivity contribution in [2.45, 2.75) is 6.54 Å². The molecule has 0 aliphatic rings. The Hall–Kier alpha value is -3.08. The minimum absolute atomic E-state index is 0.0656. The molecule has 4 aromatic rings. The molecule has 0 radical (unpaired) electrons. The van der Waals surface area contributed by atoms with Crippen molar-refractivity contribution >= 4 is 27.8 Å². The zero-order chi connectivity index (χ0) is 15.1. The largest absolute Gasteiger partial charge is 0.455 e. The summed E-state index contributed by atoms with van der Waals surface area (Å²) in [4.78, 5) is 11.0. The Morgan fingerprint density at radius 1 is 1.14 bits per heavy atom. The summed E-state index contributed by atoms with van der Waals surface area (Å²) < 4.78 is 7.53. The molecule has 0 atom stereocenters. The third kappa shape index (κ3) is 1.95. The van der Waals surface area contributed by atoms with E-state index in [1.165, 1.54) is 4.68 Å². The highest BCUT2D eigenvalue weighted by Crippen LogP contribution is 2.35. The number of nitrogens with zero attached hydrogens (tertiary/aromatic N) is 2. The van der Waals surface area contributed by atoms with Crippen LogP contribution in [0, 0.1) is 0 Å². The second-order valence-corrected chi connectivity index (χ2v) is 5.17. The molecular formula is C17H13N3O2. The molecule has 108 valence electrons. The van der Waals surface area contributed by atoms with Crippen molar-refractivity contribution in [3.8, 4) is 11.1 Å². The molecular weight excluding hydrogens is 278 g/mol. The SMILES string of the molecule is NC(=O)Cn1cc(-c2cccc3c2oc2ccccc23)cn1. The fraction of sp³-hybridized carbons (Fsp3) is 0.0588. The molecule has 5 nitrogen and oxygen atoms in total. The van der Waals surface area contributed by atoms with Crippen molar-refractivity contribution in [3.05, 3.63) is 54.9 Å². The van der Waals surface area contributed by atoms with Gasteiger partial charge in [0.05, 0.1) is 6.20 Å². The molecule has 4 rings (SSSR count). The Bertz CT molecular complexity index is 997. The van der Waals surface area contributed by atoms with Gasteiger partial charge in [-0.1, -0.05) is 36.4 Å². The van der Waals surface area contributed by atoms with E-state index in [9.17, 15) is 4.79 Å². The average molecular weight is 291 g/mol. The fourth-order valence-corrected chi connectivity index (χ4v) is 2.72. The first-order valence-corrected chi connectivity index (χ1v) is 6.94. The van der Waals surface area contributed by atoms with Crippen LogP contribution in [0.15, 0.2) is 59.3 Å². The normalized spacial score (nSPS) is 11.3. The first kappa shape index (κ1) is 12.6. The number of furan rings is 1. The average Bonchev–Trinajstić information content (AvgIpc) is 3.10. The molecule has 2 aromatic heterocycles. The fourth-order valence-electron chi connectivity index (χ4n) is 2.72. The van der Waals surface area contributed by atoms with Gasteiger partial charge in [-0.15, -0.1) is 0 Å². The number of fused-ring (bicyclic) bond motifs is 3. The van der Waals surface area contributed by atoms with Crippen LogP contribution in [0.25, 0.3) is 33.1 Å². The highest BCUT2D eigenvalue weighted by molar-refractivity contribution is 6.09. The molecule has 0 spiro atoms. The Morgan fingerprint density at radius 3 is 2.82 bits per heavy atom. The van der Waals surface area contributed by atoms with Crippen molar-refractivity contribution in [3.63, 3.8) is 0 Å². The molecule has 5 heteroatoms. The minimum Gasteiger partial charge on any atom is -0.455 e.